The van der Waals surface area contributed by atoms with Crippen LogP contribution in [-0.4, -0.2) is 31.5 Å². The number of anilines is 1. The van der Waals surface area contributed by atoms with Crippen LogP contribution in [0.4, 0.5) is 5.69 Å². The number of nitrogens with two attached hydrogens (primary N) is 1. The molecule has 0 atom stereocenters. The Morgan fingerprint density at radius 2 is 1.69 bits per heavy atom. The van der Waals surface area contributed by atoms with Crippen molar-refractivity contribution >= 4 is 50.5 Å². The largest absolute Gasteiger partial charge is 0.366 e. The molecule has 1 heterocycles. The van der Waals surface area contributed by atoms with E-state index in [4.69, 9.17) is 28.9 Å². The van der Waals surface area contributed by atoms with E-state index in [-0.39, 0.29) is 26.6 Å². The molecule has 0 aliphatic rings. The summed E-state index contributed by atoms with van der Waals surface area (Å²) in [7, 11) is -3.59. The highest BCUT2D eigenvalue weighted by Gasteiger charge is 2.19. The van der Waals surface area contributed by atoms with E-state index in [1.54, 1.807) is 36.5 Å². The second kappa shape index (κ2) is 10.1. The smallest absolute Gasteiger partial charge is 0.256 e. The van der Waals surface area contributed by atoms with Crippen molar-refractivity contribution in [2.24, 2.45) is 5.73 Å². The summed E-state index contributed by atoms with van der Waals surface area (Å²) >= 11 is 12.5. The average Bonchev–Trinajstić information content (AvgIpc) is 2.84. The first-order valence-corrected chi connectivity index (χ1v) is 13.1. The first kappa shape index (κ1) is 25.4. The molecular weight excluding hydrogens is 521 g/mol. The number of primary amides is 1. The van der Waals surface area contributed by atoms with Crippen molar-refractivity contribution in [1.82, 2.24) is 4.98 Å². The number of nitrogens with one attached hydrogen (secondary N) is 1. The van der Waals surface area contributed by atoms with Crippen LogP contribution in [0.1, 0.15) is 20.7 Å². The molecule has 0 bridgehead atoms. The zero-order valence-corrected chi connectivity index (χ0v) is 21.2. The van der Waals surface area contributed by atoms with Gasteiger partial charge in [-0.1, -0.05) is 29.3 Å². The van der Waals surface area contributed by atoms with Gasteiger partial charge in [-0.25, -0.2) is 8.42 Å². The molecule has 10 heteroatoms. The number of nitrogens with zero attached hydrogens (tertiary/aromatic N) is 1. The number of carbonyl (C=O) groups is 2. The fourth-order valence-electron chi connectivity index (χ4n) is 3.60. The fraction of sp³-hybridized carbons (Fsp3) is 0.0385. The number of amides is 2. The lowest BCUT2D eigenvalue weighted by Crippen LogP contribution is -2.14. The fourth-order valence-corrected chi connectivity index (χ4v) is 4.69. The molecule has 0 saturated heterocycles. The third-order valence-electron chi connectivity index (χ3n) is 5.32. The van der Waals surface area contributed by atoms with Gasteiger partial charge in [0.2, 0.25) is 5.91 Å². The van der Waals surface area contributed by atoms with Gasteiger partial charge >= 0.3 is 0 Å². The van der Waals surface area contributed by atoms with E-state index >= 15 is 0 Å². The third-order valence-corrected chi connectivity index (χ3v) is 6.98. The third kappa shape index (κ3) is 5.57. The zero-order chi connectivity index (χ0) is 26.0. The molecule has 0 aliphatic heterocycles. The lowest BCUT2D eigenvalue weighted by atomic mass is 9.97. The van der Waals surface area contributed by atoms with Crippen LogP contribution < -0.4 is 11.1 Å². The van der Waals surface area contributed by atoms with Crippen molar-refractivity contribution in [3.8, 4) is 22.4 Å². The van der Waals surface area contributed by atoms with Gasteiger partial charge in [-0.05, 0) is 77.9 Å². The van der Waals surface area contributed by atoms with Gasteiger partial charge in [0, 0.05) is 39.9 Å². The van der Waals surface area contributed by atoms with E-state index in [1.165, 1.54) is 36.4 Å². The second-order valence-corrected chi connectivity index (χ2v) is 10.8. The Labute approximate surface area is 217 Å². The molecule has 2 amide bonds. The number of halogens is 2. The van der Waals surface area contributed by atoms with Crippen molar-refractivity contribution in [2.75, 3.05) is 11.6 Å². The monoisotopic (exact) mass is 539 g/mol. The Morgan fingerprint density at radius 1 is 0.917 bits per heavy atom. The quantitative estimate of drug-likeness (QED) is 0.336. The maximum absolute atomic E-state index is 13.4. The molecule has 0 aliphatic carbocycles. The molecule has 0 saturated carbocycles. The molecule has 4 aromatic rings. The Hall–Kier alpha value is -3.72. The van der Waals surface area contributed by atoms with E-state index < -0.39 is 21.7 Å². The van der Waals surface area contributed by atoms with Crippen LogP contribution in [0.15, 0.2) is 83.9 Å². The van der Waals surface area contributed by atoms with Crippen molar-refractivity contribution in [3.63, 3.8) is 0 Å². The molecule has 0 unspecified atom stereocenters. The predicted octanol–water partition coefficient (Wildman–Crippen LogP) is 5.48. The molecular formula is C26H19Cl2N3O4S. The molecule has 182 valence electrons. The summed E-state index contributed by atoms with van der Waals surface area (Å²) in [5.74, 6) is -1.23. The van der Waals surface area contributed by atoms with E-state index in [0.29, 0.717) is 27.5 Å². The predicted molar refractivity (Wildman–Crippen MR) is 141 cm³/mol. The van der Waals surface area contributed by atoms with E-state index in [1.807, 2.05) is 6.07 Å². The van der Waals surface area contributed by atoms with Gasteiger partial charge in [0.25, 0.3) is 5.91 Å². The summed E-state index contributed by atoms with van der Waals surface area (Å²) in [5.41, 5.74) is 8.03. The maximum atomic E-state index is 13.4. The zero-order valence-electron chi connectivity index (χ0n) is 18.8. The van der Waals surface area contributed by atoms with Gasteiger partial charge in [-0.2, -0.15) is 0 Å². The minimum absolute atomic E-state index is 0.00131. The Morgan fingerprint density at radius 3 is 2.36 bits per heavy atom. The highest BCUT2D eigenvalue weighted by atomic mass is 35.5. The van der Waals surface area contributed by atoms with Gasteiger partial charge in [0.05, 0.1) is 15.6 Å². The molecule has 36 heavy (non-hydrogen) atoms. The summed E-state index contributed by atoms with van der Waals surface area (Å²) in [6, 6.07) is 18.9. The lowest BCUT2D eigenvalue weighted by molar-refractivity contribution is 0.0998. The number of benzene rings is 3. The minimum atomic E-state index is -3.59. The van der Waals surface area contributed by atoms with Crippen LogP contribution in [-0.2, 0) is 9.84 Å². The average molecular weight is 540 g/mol. The van der Waals surface area contributed by atoms with Crippen molar-refractivity contribution < 1.29 is 18.0 Å². The van der Waals surface area contributed by atoms with E-state index in [0.717, 1.165) is 6.26 Å². The van der Waals surface area contributed by atoms with Gasteiger partial charge in [-0.3, -0.25) is 14.6 Å². The number of aromatic nitrogens is 1. The van der Waals surface area contributed by atoms with Gasteiger partial charge in [0.1, 0.15) is 0 Å². The minimum Gasteiger partial charge on any atom is -0.366 e. The molecule has 3 aromatic carbocycles. The van der Waals surface area contributed by atoms with Crippen molar-refractivity contribution in [2.45, 2.75) is 4.90 Å². The molecule has 1 aromatic heterocycles. The number of sulfone groups is 1. The van der Waals surface area contributed by atoms with Crippen LogP contribution in [0, 0.1) is 0 Å². The van der Waals surface area contributed by atoms with E-state index in [9.17, 15) is 18.0 Å². The van der Waals surface area contributed by atoms with Crippen LogP contribution in [0.25, 0.3) is 22.4 Å². The second-order valence-electron chi connectivity index (χ2n) is 7.94. The Kier molecular flexibility index (Phi) is 7.12. The lowest BCUT2D eigenvalue weighted by Gasteiger charge is -2.14. The van der Waals surface area contributed by atoms with Crippen molar-refractivity contribution in [3.05, 3.63) is 100 Å². The highest BCUT2D eigenvalue weighted by molar-refractivity contribution is 7.90. The van der Waals surface area contributed by atoms with Crippen LogP contribution >= 0.6 is 23.2 Å². The summed E-state index contributed by atoms with van der Waals surface area (Å²) in [6.45, 7) is 0. The normalized spacial score (nSPS) is 11.2. The summed E-state index contributed by atoms with van der Waals surface area (Å²) in [4.78, 5) is 29.4. The molecule has 0 spiro atoms. The summed E-state index contributed by atoms with van der Waals surface area (Å²) < 4.78 is 24.4. The molecule has 0 radical (unpaired) electrons. The van der Waals surface area contributed by atoms with Crippen LogP contribution in [0.2, 0.25) is 10.0 Å². The van der Waals surface area contributed by atoms with Crippen molar-refractivity contribution in [1.29, 1.82) is 0 Å². The van der Waals surface area contributed by atoms with Gasteiger partial charge < -0.3 is 11.1 Å². The first-order chi connectivity index (χ1) is 17.0. The number of hydrogen-bond donors (Lipinski definition) is 2. The van der Waals surface area contributed by atoms with Crippen LogP contribution in [0.3, 0.4) is 0 Å². The Bertz CT molecular complexity index is 1610. The Balaban J connectivity index is 1.79. The topological polar surface area (TPSA) is 119 Å². The molecule has 4 rings (SSSR count). The summed E-state index contributed by atoms with van der Waals surface area (Å²) in [5, 5.41) is 3.48. The highest BCUT2D eigenvalue weighted by Crippen LogP contribution is 2.32. The molecule has 7 nitrogen and oxygen atoms in total. The first-order valence-electron chi connectivity index (χ1n) is 10.5. The van der Waals surface area contributed by atoms with Gasteiger partial charge in [0.15, 0.2) is 9.84 Å². The molecule has 3 N–H and O–H groups in total. The molecule has 0 fully saturated rings. The number of carbonyl (C=O) groups excluding carboxylic acids is 2. The standard InChI is InChI=1S/C26H19Cl2N3O4S/c1-36(34,35)19-6-7-20(21(14-19)15-10-16(25(29)32)12-17(27)11-15)26(33)31-18-5-8-23(28)22(13-18)24-4-2-3-9-30-24/h2-14H,1H3,(H2,29,32)(H,31,33). The SMILES string of the molecule is CS(=O)(=O)c1ccc(C(=O)Nc2ccc(Cl)c(-c3ccccn3)c2)c(-c2cc(Cl)cc(C(N)=O)c2)c1. The summed E-state index contributed by atoms with van der Waals surface area (Å²) in [6.07, 6.45) is 2.70. The van der Waals surface area contributed by atoms with Gasteiger partial charge in [-0.15, -0.1) is 0 Å². The number of pyridine rings is 1. The van der Waals surface area contributed by atoms with Crippen LogP contribution in [0.5, 0.6) is 0 Å². The number of rotatable bonds is 6. The maximum Gasteiger partial charge on any atom is 0.256 e. The van der Waals surface area contributed by atoms with E-state index in [2.05, 4.69) is 10.3 Å². The number of hydrogen-bond acceptors (Lipinski definition) is 5.